The first-order valence-corrected chi connectivity index (χ1v) is 6.43. The molecule has 0 unspecified atom stereocenters. The third-order valence-electron chi connectivity index (χ3n) is 2.81. The van der Waals surface area contributed by atoms with Crippen molar-refractivity contribution >= 4 is 51.4 Å². The van der Waals surface area contributed by atoms with Gasteiger partial charge in [0, 0.05) is 6.07 Å². The average molecular weight is 310 g/mol. The van der Waals surface area contributed by atoms with Gasteiger partial charge < -0.3 is 15.5 Å². The van der Waals surface area contributed by atoms with Gasteiger partial charge in [0.2, 0.25) is 0 Å². The van der Waals surface area contributed by atoms with E-state index in [9.17, 15) is 4.79 Å². The van der Waals surface area contributed by atoms with E-state index in [1.54, 1.807) is 30.3 Å². The maximum Gasteiger partial charge on any atom is 0.417 e. The first-order chi connectivity index (χ1) is 9.54. The molecule has 0 radical (unpaired) electrons. The second-order valence-electron chi connectivity index (χ2n) is 4.18. The highest BCUT2D eigenvalue weighted by molar-refractivity contribution is 6.43. The van der Waals surface area contributed by atoms with E-state index in [1.807, 2.05) is 0 Å². The summed E-state index contributed by atoms with van der Waals surface area (Å²) >= 11 is 12.1. The monoisotopic (exact) mass is 309 g/mol. The predicted octanol–water partition coefficient (Wildman–Crippen LogP) is 3.75. The minimum atomic E-state index is -0.530. The van der Waals surface area contributed by atoms with Crippen molar-refractivity contribution in [2.24, 2.45) is 0 Å². The smallest absolute Gasteiger partial charge is 0.408 e. The molecule has 0 spiro atoms. The Labute approximate surface area is 123 Å². The van der Waals surface area contributed by atoms with Crippen LogP contribution in [0.3, 0.4) is 0 Å². The second-order valence-corrected chi connectivity index (χ2v) is 4.96. The number of aromatic amines is 1. The quantitative estimate of drug-likeness (QED) is 0.629. The van der Waals surface area contributed by atoms with Gasteiger partial charge in [0.15, 0.2) is 5.58 Å². The number of rotatable bonds is 2. The summed E-state index contributed by atoms with van der Waals surface area (Å²) in [7, 11) is 0. The zero-order chi connectivity index (χ0) is 14.3. The number of H-pyrrole nitrogens is 1. The molecule has 0 aliphatic rings. The van der Waals surface area contributed by atoms with Crippen molar-refractivity contribution in [1.29, 1.82) is 0 Å². The number of hydrogen-bond acceptors (Lipinski definition) is 4. The van der Waals surface area contributed by atoms with Gasteiger partial charge in [0.25, 0.3) is 0 Å². The van der Waals surface area contributed by atoms with Crippen molar-refractivity contribution in [3.05, 3.63) is 50.9 Å². The van der Waals surface area contributed by atoms with Gasteiger partial charge in [-0.1, -0.05) is 29.3 Å². The number of oxazole rings is 1. The first kappa shape index (κ1) is 12.9. The van der Waals surface area contributed by atoms with E-state index < -0.39 is 5.76 Å². The molecule has 3 rings (SSSR count). The van der Waals surface area contributed by atoms with E-state index in [-0.39, 0.29) is 0 Å². The summed E-state index contributed by atoms with van der Waals surface area (Å²) in [5.41, 5.74) is 8.51. The molecule has 0 saturated heterocycles. The molecule has 20 heavy (non-hydrogen) atoms. The minimum absolute atomic E-state index is 0.398. The van der Waals surface area contributed by atoms with E-state index in [0.717, 1.165) is 0 Å². The molecule has 1 aromatic heterocycles. The Hall–Kier alpha value is -2.11. The second kappa shape index (κ2) is 4.77. The molecule has 0 atom stereocenters. The lowest BCUT2D eigenvalue weighted by Gasteiger charge is -2.11. The van der Waals surface area contributed by atoms with Gasteiger partial charge in [-0.25, -0.2) is 4.79 Å². The van der Waals surface area contributed by atoms with Crippen LogP contribution in [0.4, 0.5) is 17.1 Å². The molecule has 5 nitrogen and oxygen atoms in total. The van der Waals surface area contributed by atoms with Crippen molar-refractivity contribution in [2.75, 3.05) is 11.1 Å². The van der Waals surface area contributed by atoms with Crippen LogP contribution in [0.1, 0.15) is 0 Å². The number of fused-ring (bicyclic) bond motifs is 1. The SMILES string of the molecule is Nc1cc2oc(=O)[nH]c2cc1Nc1cccc(Cl)c1Cl. The number of aromatic nitrogens is 1. The summed E-state index contributed by atoms with van der Waals surface area (Å²) < 4.78 is 4.93. The lowest BCUT2D eigenvalue weighted by atomic mass is 10.2. The van der Waals surface area contributed by atoms with Crippen LogP contribution in [-0.2, 0) is 0 Å². The highest BCUT2D eigenvalue weighted by Gasteiger charge is 2.09. The zero-order valence-electron chi connectivity index (χ0n) is 10.0. The van der Waals surface area contributed by atoms with Crippen LogP contribution in [0, 0.1) is 0 Å². The van der Waals surface area contributed by atoms with Gasteiger partial charge in [-0.2, -0.15) is 0 Å². The van der Waals surface area contributed by atoms with Crippen LogP contribution in [0.25, 0.3) is 11.1 Å². The average Bonchev–Trinajstić information content (AvgIpc) is 2.74. The normalized spacial score (nSPS) is 10.9. The van der Waals surface area contributed by atoms with Crippen molar-refractivity contribution < 1.29 is 4.42 Å². The predicted molar refractivity (Wildman–Crippen MR) is 81.0 cm³/mol. The van der Waals surface area contributed by atoms with Crippen LogP contribution in [0.2, 0.25) is 10.0 Å². The molecule has 0 bridgehead atoms. The molecule has 0 amide bonds. The van der Waals surface area contributed by atoms with E-state index in [1.165, 1.54) is 0 Å². The molecule has 3 aromatic rings. The van der Waals surface area contributed by atoms with Crippen molar-refractivity contribution in [3.63, 3.8) is 0 Å². The Morgan fingerprint density at radius 2 is 2.00 bits per heavy atom. The van der Waals surface area contributed by atoms with Gasteiger partial charge in [-0.3, -0.25) is 4.98 Å². The summed E-state index contributed by atoms with van der Waals surface area (Å²) in [6, 6.07) is 8.47. The van der Waals surface area contributed by atoms with Crippen molar-refractivity contribution in [1.82, 2.24) is 4.98 Å². The minimum Gasteiger partial charge on any atom is -0.408 e. The summed E-state index contributed by atoms with van der Waals surface area (Å²) in [4.78, 5) is 13.7. The first-order valence-electron chi connectivity index (χ1n) is 5.68. The summed E-state index contributed by atoms with van der Waals surface area (Å²) in [5.74, 6) is -0.530. The van der Waals surface area contributed by atoms with Crippen molar-refractivity contribution in [3.8, 4) is 0 Å². The lowest BCUT2D eigenvalue weighted by molar-refractivity contribution is 0.555. The highest BCUT2D eigenvalue weighted by atomic mass is 35.5. The topological polar surface area (TPSA) is 84.0 Å². The number of hydrogen-bond donors (Lipinski definition) is 3. The Morgan fingerprint density at radius 1 is 1.20 bits per heavy atom. The van der Waals surface area contributed by atoms with Crippen LogP contribution in [-0.4, -0.2) is 4.98 Å². The molecule has 7 heteroatoms. The Morgan fingerprint density at radius 3 is 2.80 bits per heavy atom. The van der Waals surface area contributed by atoms with E-state index in [4.69, 9.17) is 33.4 Å². The molecule has 0 fully saturated rings. The molecule has 2 aromatic carbocycles. The largest absolute Gasteiger partial charge is 0.417 e. The number of nitrogens with two attached hydrogens (primary N) is 1. The van der Waals surface area contributed by atoms with Crippen LogP contribution < -0.4 is 16.8 Å². The molecule has 1 heterocycles. The summed E-state index contributed by atoms with van der Waals surface area (Å²) in [6.45, 7) is 0. The van der Waals surface area contributed by atoms with E-state index >= 15 is 0 Å². The molecular weight excluding hydrogens is 301 g/mol. The lowest BCUT2D eigenvalue weighted by Crippen LogP contribution is -1.97. The number of nitrogens with one attached hydrogen (secondary N) is 2. The molecule has 102 valence electrons. The van der Waals surface area contributed by atoms with Crippen LogP contribution >= 0.6 is 23.2 Å². The van der Waals surface area contributed by atoms with E-state index in [2.05, 4.69) is 10.3 Å². The van der Waals surface area contributed by atoms with Gasteiger partial charge in [-0.05, 0) is 18.2 Å². The maximum atomic E-state index is 11.1. The molecule has 4 N–H and O–H groups in total. The fourth-order valence-corrected chi connectivity index (χ4v) is 2.21. The van der Waals surface area contributed by atoms with Crippen molar-refractivity contribution in [2.45, 2.75) is 0 Å². The van der Waals surface area contributed by atoms with Gasteiger partial charge in [-0.15, -0.1) is 0 Å². The molecular formula is C13H9Cl2N3O2. The maximum absolute atomic E-state index is 11.1. The van der Waals surface area contributed by atoms with Gasteiger partial charge >= 0.3 is 5.76 Å². The number of nitrogen functional groups attached to an aromatic ring is 1. The fourth-order valence-electron chi connectivity index (χ4n) is 1.87. The van der Waals surface area contributed by atoms with Crippen LogP contribution in [0.5, 0.6) is 0 Å². The van der Waals surface area contributed by atoms with Crippen LogP contribution in [0.15, 0.2) is 39.5 Å². The molecule has 0 saturated carbocycles. The summed E-state index contributed by atoms with van der Waals surface area (Å²) in [5, 5.41) is 3.91. The fraction of sp³-hybridized carbons (Fsp3) is 0. The Balaban J connectivity index is 2.08. The molecule has 0 aliphatic heterocycles. The summed E-state index contributed by atoms with van der Waals surface area (Å²) in [6.07, 6.45) is 0. The Kier molecular flexibility index (Phi) is 3.08. The van der Waals surface area contributed by atoms with E-state index in [0.29, 0.717) is 38.2 Å². The highest BCUT2D eigenvalue weighted by Crippen LogP contribution is 2.34. The third kappa shape index (κ3) is 2.21. The standard InChI is InChI=1S/C13H9Cl2N3O2/c14-6-2-1-3-8(12(6)15)17-9-5-10-11(4-7(9)16)20-13(19)18-10/h1-5,17H,16H2,(H,18,19). The zero-order valence-corrected chi connectivity index (χ0v) is 11.5. The number of anilines is 3. The molecule has 0 aliphatic carbocycles. The van der Waals surface area contributed by atoms with Gasteiger partial charge in [0.1, 0.15) is 0 Å². The Bertz CT molecular complexity index is 854. The number of benzene rings is 2. The number of halogens is 2. The van der Waals surface area contributed by atoms with Gasteiger partial charge in [0.05, 0.1) is 32.6 Å². The third-order valence-corrected chi connectivity index (χ3v) is 3.63.